The molecular formula is C20H21F3N2O2S. The monoisotopic (exact) mass is 410 g/mol. The molecule has 2 unspecified atom stereocenters. The summed E-state index contributed by atoms with van der Waals surface area (Å²) in [5.41, 5.74) is 8.04. The van der Waals surface area contributed by atoms with Gasteiger partial charge in [-0.1, -0.05) is 11.6 Å². The summed E-state index contributed by atoms with van der Waals surface area (Å²) in [6, 6.07) is 7.43. The van der Waals surface area contributed by atoms with Gasteiger partial charge in [0.1, 0.15) is 5.82 Å². The molecule has 0 amide bonds. The molecule has 0 fully saturated rings. The van der Waals surface area contributed by atoms with Gasteiger partial charge in [-0.05, 0) is 48.7 Å². The number of hydrogen-bond acceptors (Lipinski definition) is 4. The van der Waals surface area contributed by atoms with Crippen molar-refractivity contribution in [2.75, 3.05) is 18.1 Å². The number of halogens is 3. The topological polar surface area (TPSA) is 72.2 Å². The lowest BCUT2D eigenvalue weighted by atomic mass is 9.80. The van der Waals surface area contributed by atoms with Gasteiger partial charge in [0.15, 0.2) is 21.5 Å². The zero-order chi connectivity index (χ0) is 20.5. The van der Waals surface area contributed by atoms with Gasteiger partial charge in [0.25, 0.3) is 0 Å². The van der Waals surface area contributed by atoms with Crippen LogP contribution in [0.5, 0.6) is 0 Å². The second-order valence-corrected chi connectivity index (χ2v) is 9.03. The number of hydrogen-bond donors (Lipinski definition) is 2. The Morgan fingerprint density at radius 3 is 2.32 bits per heavy atom. The van der Waals surface area contributed by atoms with Gasteiger partial charge in [-0.15, -0.1) is 0 Å². The maximum absolute atomic E-state index is 14.0. The summed E-state index contributed by atoms with van der Waals surface area (Å²) >= 11 is 0. The Morgan fingerprint density at radius 1 is 1.07 bits per heavy atom. The summed E-state index contributed by atoms with van der Waals surface area (Å²) in [5, 5.41) is 3.19. The Balaban J connectivity index is 1.66. The zero-order valence-electron chi connectivity index (χ0n) is 15.3. The zero-order valence-corrected chi connectivity index (χ0v) is 16.1. The molecule has 0 bridgehead atoms. The first-order valence-electron chi connectivity index (χ1n) is 8.77. The van der Waals surface area contributed by atoms with Crippen LogP contribution in [0.15, 0.2) is 52.9 Å². The third-order valence-corrected chi connectivity index (χ3v) is 6.04. The second-order valence-electron chi connectivity index (χ2n) is 7.01. The van der Waals surface area contributed by atoms with E-state index in [0.717, 1.165) is 23.6 Å². The molecule has 3 rings (SSSR count). The Kier molecular flexibility index (Phi) is 5.81. The number of nitrogens with two attached hydrogens (primary N) is 1. The maximum Gasteiger partial charge on any atom is 0.175 e. The standard InChI is InChI=1S/C20H21F3N2O2S/c1-28(26,27)14-5-3-13(4-6-14)25-11-12-2-7-15(20(24)8-12)16-9-18(22)19(23)10-17(16)21/h2-6,9-10,15,20,25H,7-8,11,24H2,1H3. The van der Waals surface area contributed by atoms with E-state index in [1.807, 2.05) is 6.08 Å². The summed E-state index contributed by atoms with van der Waals surface area (Å²) in [4.78, 5) is 0.244. The van der Waals surface area contributed by atoms with Gasteiger partial charge in [0, 0.05) is 36.5 Å². The van der Waals surface area contributed by atoms with Crippen molar-refractivity contribution in [1.29, 1.82) is 0 Å². The van der Waals surface area contributed by atoms with Crippen LogP contribution in [0.3, 0.4) is 0 Å². The quantitative estimate of drug-likeness (QED) is 0.582. The molecule has 2 aromatic rings. The lowest BCUT2D eigenvalue weighted by Crippen LogP contribution is -2.33. The van der Waals surface area contributed by atoms with Crippen molar-refractivity contribution in [2.24, 2.45) is 5.73 Å². The van der Waals surface area contributed by atoms with Gasteiger partial charge in [-0.25, -0.2) is 21.6 Å². The highest BCUT2D eigenvalue weighted by Gasteiger charge is 2.27. The lowest BCUT2D eigenvalue weighted by molar-refractivity contribution is 0.455. The van der Waals surface area contributed by atoms with Crippen LogP contribution < -0.4 is 11.1 Å². The van der Waals surface area contributed by atoms with Crippen LogP contribution >= 0.6 is 0 Å². The molecule has 0 saturated heterocycles. The van der Waals surface area contributed by atoms with E-state index in [0.29, 0.717) is 25.5 Å². The molecule has 0 spiro atoms. The maximum atomic E-state index is 14.0. The molecule has 4 nitrogen and oxygen atoms in total. The van der Waals surface area contributed by atoms with Crippen molar-refractivity contribution in [1.82, 2.24) is 0 Å². The smallest absolute Gasteiger partial charge is 0.175 e. The third-order valence-electron chi connectivity index (χ3n) is 4.92. The molecule has 1 aliphatic carbocycles. The molecule has 0 radical (unpaired) electrons. The van der Waals surface area contributed by atoms with E-state index in [4.69, 9.17) is 5.73 Å². The number of anilines is 1. The van der Waals surface area contributed by atoms with Gasteiger partial charge < -0.3 is 11.1 Å². The SMILES string of the molecule is CS(=O)(=O)c1ccc(NCC2=CCC(c3cc(F)c(F)cc3F)C(N)C2)cc1. The van der Waals surface area contributed by atoms with Crippen molar-refractivity contribution in [3.8, 4) is 0 Å². The van der Waals surface area contributed by atoms with E-state index in [9.17, 15) is 21.6 Å². The molecule has 0 aliphatic heterocycles. The van der Waals surface area contributed by atoms with E-state index in [1.165, 1.54) is 12.1 Å². The van der Waals surface area contributed by atoms with Gasteiger partial charge in [0.2, 0.25) is 0 Å². The molecule has 0 heterocycles. The van der Waals surface area contributed by atoms with Crippen molar-refractivity contribution in [2.45, 2.75) is 29.7 Å². The fourth-order valence-corrected chi connectivity index (χ4v) is 3.99. The average Bonchev–Trinajstić information content (AvgIpc) is 2.63. The largest absolute Gasteiger partial charge is 0.381 e. The highest BCUT2D eigenvalue weighted by molar-refractivity contribution is 7.90. The van der Waals surface area contributed by atoms with Crippen molar-refractivity contribution >= 4 is 15.5 Å². The van der Waals surface area contributed by atoms with E-state index < -0.39 is 39.2 Å². The fourth-order valence-electron chi connectivity index (χ4n) is 3.36. The number of rotatable bonds is 5. The molecule has 0 saturated carbocycles. The Hall–Kier alpha value is -2.32. The Bertz CT molecular complexity index is 1000. The molecular weight excluding hydrogens is 389 g/mol. The molecule has 1 aliphatic rings. The first-order chi connectivity index (χ1) is 13.1. The van der Waals surface area contributed by atoms with Gasteiger partial charge in [-0.2, -0.15) is 0 Å². The van der Waals surface area contributed by atoms with E-state index in [2.05, 4.69) is 5.32 Å². The number of sulfone groups is 1. The van der Waals surface area contributed by atoms with Crippen LogP contribution in [0.4, 0.5) is 18.9 Å². The minimum Gasteiger partial charge on any atom is -0.381 e. The van der Waals surface area contributed by atoms with Crippen molar-refractivity contribution in [3.05, 3.63) is 71.1 Å². The van der Waals surface area contributed by atoms with E-state index in [-0.39, 0.29) is 10.5 Å². The highest BCUT2D eigenvalue weighted by Crippen LogP contribution is 2.33. The van der Waals surface area contributed by atoms with Crippen LogP contribution in [-0.2, 0) is 9.84 Å². The number of benzene rings is 2. The normalized spacial score (nSPS) is 20.0. The number of allylic oxidation sites excluding steroid dienone is 1. The summed E-state index contributed by atoms with van der Waals surface area (Å²) in [6.45, 7) is 0.499. The van der Waals surface area contributed by atoms with Crippen LogP contribution in [-0.4, -0.2) is 27.3 Å². The lowest BCUT2D eigenvalue weighted by Gasteiger charge is -2.29. The molecule has 0 aromatic heterocycles. The summed E-state index contributed by atoms with van der Waals surface area (Å²) in [7, 11) is -3.24. The third kappa shape index (κ3) is 4.56. The molecule has 150 valence electrons. The molecule has 8 heteroatoms. The first-order valence-corrected chi connectivity index (χ1v) is 10.7. The van der Waals surface area contributed by atoms with Crippen LogP contribution in [0, 0.1) is 17.5 Å². The van der Waals surface area contributed by atoms with Gasteiger partial charge >= 0.3 is 0 Å². The van der Waals surface area contributed by atoms with Crippen LogP contribution in [0.1, 0.15) is 24.3 Å². The molecule has 28 heavy (non-hydrogen) atoms. The Labute approximate surface area is 162 Å². The molecule has 3 N–H and O–H groups in total. The summed E-state index contributed by atoms with van der Waals surface area (Å²) in [6.07, 6.45) is 3.98. The highest BCUT2D eigenvalue weighted by atomic mass is 32.2. The summed E-state index contributed by atoms with van der Waals surface area (Å²) in [5.74, 6) is -3.52. The fraction of sp³-hybridized carbons (Fsp3) is 0.300. The number of nitrogens with one attached hydrogen (secondary N) is 1. The van der Waals surface area contributed by atoms with Crippen LogP contribution in [0.25, 0.3) is 0 Å². The van der Waals surface area contributed by atoms with E-state index >= 15 is 0 Å². The minimum absolute atomic E-state index is 0.0889. The molecule has 2 aromatic carbocycles. The van der Waals surface area contributed by atoms with Crippen molar-refractivity contribution in [3.63, 3.8) is 0 Å². The minimum atomic E-state index is -3.24. The predicted octanol–water partition coefficient (Wildman–Crippen LogP) is 3.75. The molecule has 2 atom stereocenters. The predicted molar refractivity (Wildman–Crippen MR) is 102 cm³/mol. The average molecular weight is 410 g/mol. The first kappa shape index (κ1) is 20.4. The van der Waals surface area contributed by atoms with Gasteiger partial charge in [0.05, 0.1) is 4.90 Å². The summed E-state index contributed by atoms with van der Waals surface area (Å²) < 4.78 is 63.6. The Morgan fingerprint density at radius 2 is 1.71 bits per heavy atom. The van der Waals surface area contributed by atoms with Gasteiger partial charge in [-0.3, -0.25) is 0 Å². The van der Waals surface area contributed by atoms with E-state index in [1.54, 1.807) is 12.1 Å². The second kappa shape index (κ2) is 7.97. The van der Waals surface area contributed by atoms with Crippen LogP contribution in [0.2, 0.25) is 0 Å². The van der Waals surface area contributed by atoms with Crippen molar-refractivity contribution < 1.29 is 21.6 Å².